The van der Waals surface area contributed by atoms with Crippen molar-refractivity contribution in [1.82, 2.24) is 9.88 Å². The van der Waals surface area contributed by atoms with Gasteiger partial charge in [-0.3, -0.25) is 9.59 Å². The van der Waals surface area contributed by atoms with Crippen molar-refractivity contribution in [3.05, 3.63) is 77.9 Å². The average Bonchev–Trinajstić information content (AvgIpc) is 3.34. The first-order valence-corrected chi connectivity index (χ1v) is 9.84. The summed E-state index contributed by atoms with van der Waals surface area (Å²) in [7, 11) is 0. The molecule has 2 aromatic heterocycles. The van der Waals surface area contributed by atoms with Gasteiger partial charge in [0, 0.05) is 43.6 Å². The Morgan fingerprint density at radius 1 is 0.969 bits per heavy atom. The summed E-state index contributed by atoms with van der Waals surface area (Å²) in [6, 6.07) is 12.0. The lowest BCUT2D eigenvalue weighted by atomic mass is 10.1. The number of alkyl halides is 3. The lowest BCUT2D eigenvalue weighted by molar-refractivity contribution is -0.137. The van der Waals surface area contributed by atoms with Crippen molar-refractivity contribution in [1.29, 1.82) is 0 Å². The number of pyridine rings is 1. The Bertz CT molecular complexity index is 1070. The van der Waals surface area contributed by atoms with Gasteiger partial charge in [0.05, 0.1) is 11.8 Å². The van der Waals surface area contributed by atoms with Gasteiger partial charge in [0.1, 0.15) is 5.82 Å². The topological polar surface area (TPSA) is 78.7 Å². The lowest BCUT2D eigenvalue weighted by Crippen LogP contribution is -2.49. The number of benzene rings is 1. The molecule has 0 aliphatic carbocycles. The van der Waals surface area contributed by atoms with Gasteiger partial charge in [-0.05, 0) is 48.5 Å². The second-order valence-corrected chi connectivity index (χ2v) is 7.19. The Balaban J connectivity index is 1.32. The first kappa shape index (κ1) is 21.4. The van der Waals surface area contributed by atoms with Crippen LogP contribution in [0, 0.1) is 0 Å². The van der Waals surface area contributed by atoms with E-state index in [4.69, 9.17) is 4.42 Å². The first-order chi connectivity index (χ1) is 15.3. The van der Waals surface area contributed by atoms with Gasteiger partial charge >= 0.3 is 6.18 Å². The molecule has 1 aromatic carbocycles. The van der Waals surface area contributed by atoms with E-state index in [1.54, 1.807) is 41.3 Å². The Morgan fingerprint density at radius 2 is 1.69 bits per heavy atom. The van der Waals surface area contributed by atoms with E-state index in [2.05, 4.69) is 10.3 Å². The number of hydrogen-bond acceptors (Lipinski definition) is 5. The fraction of sp³-hybridized carbons (Fsp3) is 0.227. The number of carbonyl (C=O) groups is 2. The maximum absolute atomic E-state index is 12.8. The number of carbonyl (C=O) groups excluding carboxylic acids is 2. The zero-order valence-electron chi connectivity index (χ0n) is 16.8. The molecule has 4 rings (SSSR count). The van der Waals surface area contributed by atoms with Gasteiger partial charge in [0.25, 0.3) is 11.8 Å². The SMILES string of the molecule is O=C(Nc1ccc(C(=O)N2CCN(c3ccc(C(F)(F)F)cn3)CC2)cc1)c1ccco1. The van der Waals surface area contributed by atoms with E-state index < -0.39 is 11.7 Å². The number of anilines is 2. The highest BCUT2D eigenvalue weighted by atomic mass is 19.4. The van der Waals surface area contributed by atoms with Crippen LogP contribution in [-0.2, 0) is 6.18 Å². The monoisotopic (exact) mass is 444 g/mol. The van der Waals surface area contributed by atoms with Crippen molar-refractivity contribution in [2.45, 2.75) is 6.18 Å². The number of rotatable bonds is 4. The van der Waals surface area contributed by atoms with Crippen LogP contribution in [0.4, 0.5) is 24.7 Å². The Labute approximate surface area is 181 Å². The van der Waals surface area contributed by atoms with E-state index in [-0.39, 0.29) is 17.6 Å². The molecule has 0 saturated carbocycles. The minimum absolute atomic E-state index is 0.158. The summed E-state index contributed by atoms with van der Waals surface area (Å²) in [5.41, 5.74) is 0.210. The normalized spacial score (nSPS) is 14.3. The molecule has 1 fully saturated rings. The molecule has 10 heteroatoms. The highest BCUT2D eigenvalue weighted by molar-refractivity contribution is 6.02. The third-order valence-electron chi connectivity index (χ3n) is 5.10. The van der Waals surface area contributed by atoms with Crippen LogP contribution in [0.2, 0.25) is 0 Å². The van der Waals surface area contributed by atoms with Crippen molar-refractivity contribution in [2.75, 3.05) is 36.4 Å². The van der Waals surface area contributed by atoms with Crippen LogP contribution in [-0.4, -0.2) is 47.9 Å². The van der Waals surface area contributed by atoms with Crippen molar-refractivity contribution >= 4 is 23.3 Å². The number of amides is 2. The molecule has 3 aromatic rings. The van der Waals surface area contributed by atoms with Crippen LogP contribution in [0.1, 0.15) is 26.5 Å². The number of nitrogens with zero attached hydrogens (tertiary/aromatic N) is 3. The molecule has 0 spiro atoms. The van der Waals surface area contributed by atoms with Crippen molar-refractivity contribution < 1.29 is 27.2 Å². The van der Waals surface area contributed by atoms with Gasteiger partial charge in [0.2, 0.25) is 0 Å². The third-order valence-corrected chi connectivity index (χ3v) is 5.10. The van der Waals surface area contributed by atoms with Gasteiger partial charge in [0.15, 0.2) is 5.76 Å². The highest BCUT2D eigenvalue weighted by Gasteiger charge is 2.31. The maximum atomic E-state index is 12.8. The van der Waals surface area contributed by atoms with Crippen LogP contribution in [0.3, 0.4) is 0 Å². The van der Waals surface area contributed by atoms with Gasteiger partial charge < -0.3 is 19.5 Å². The average molecular weight is 444 g/mol. The smallest absolute Gasteiger partial charge is 0.417 e. The van der Waals surface area contributed by atoms with Crippen LogP contribution >= 0.6 is 0 Å². The van der Waals surface area contributed by atoms with Crippen LogP contribution in [0.25, 0.3) is 0 Å². The zero-order chi connectivity index (χ0) is 22.7. The summed E-state index contributed by atoms with van der Waals surface area (Å²) < 4.78 is 43.1. The second-order valence-electron chi connectivity index (χ2n) is 7.19. The Kier molecular flexibility index (Phi) is 5.85. The molecule has 1 N–H and O–H groups in total. The second kappa shape index (κ2) is 8.74. The van der Waals surface area contributed by atoms with Gasteiger partial charge in [-0.1, -0.05) is 0 Å². The minimum atomic E-state index is -4.42. The summed E-state index contributed by atoms with van der Waals surface area (Å²) in [6.45, 7) is 1.75. The molecular weight excluding hydrogens is 425 g/mol. The highest BCUT2D eigenvalue weighted by Crippen LogP contribution is 2.29. The van der Waals surface area contributed by atoms with Crippen LogP contribution in [0.5, 0.6) is 0 Å². The third kappa shape index (κ3) is 4.74. The van der Waals surface area contributed by atoms with Crippen molar-refractivity contribution in [3.63, 3.8) is 0 Å². The molecular formula is C22H19F3N4O3. The standard InChI is InChI=1S/C22H19F3N4O3/c23-22(24,25)16-5-8-19(26-14-16)28-9-11-29(12-10-28)21(31)15-3-6-17(7-4-15)27-20(30)18-2-1-13-32-18/h1-8,13-14H,9-12H2,(H,27,30). The number of halogens is 3. The molecule has 7 nitrogen and oxygen atoms in total. The number of aromatic nitrogens is 1. The van der Waals surface area contributed by atoms with E-state index in [1.807, 2.05) is 4.90 Å². The summed E-state index contributed by atoms with van der Waals surface area (Å²) >= 11 is 0. The summed E-state index contributed by atoms with van der Waals surface area (Å²) in [5, 5.41) is 2.69. The molecule has 0 atom stereocenters. The molecule has 0 radical (unpaired) electrons. The molecule has 166 valence electrons. The Morgan fingerprint density at radius 3 is 2.25 bits per heavy atom. The molecule has 1 aliphatic rings. The number of piperazine rings is 1. The molecule has 1 saturated heterocycles. The lowest BCUT2D eigenvalue weighted by Gasteiger charge is -2.35. The molecule has 3 heterocycles. The van der Waals surface area contributed by atoms with Crippen LogP contribution < -0.4 is 10.2 Å². The van der Waals surface area contributed by atoms with Gasteiger partial charge in [-0.15, -0.1) is 0 Å². The van der Waals surface area contributed by atoms with E-state index in [1.165, 1.54) is 12.3 Å². The molecule has 0 unspecified atom stereocenters. The predicted octanol–water partition coefficient (Wildman–Crippen LogP) is 3.91. The van der Waals surface area contributed by atoms with Gasteiger partial charge in [-0.2, -0.15) is 13.2 Å². The molecule has 32 heavy (non-hydrogen) atoms. The largest absolute Gasteiger partial charge is 0.459 e. The van der Waals surface area contributed by atoms with Crippen LogP contribution in [0.15, 0.2) is 65.4 Å². The molecule has 1 aliphatic heterocycles. The van der Waals surface area contributed by atoms with E-state index in [0.29, 0.717) is 43.2 Å². The summed E-state index contributed by atoms with van der Waals surface area (Å²) in [4.78, 5) is 32.2. The van der Waals surface area contributed by atoms with Gasteiger partial charge in [-0.25, -0.2) is 4.98 Å². The predicted molar refractivity (Wildman–Crippen MR) is 110 cm³/mol. The van der Waals surface area contributed by atoms with Crippen molar-refractivity contribution in [3.8, 4) is 0 Å². The van der Waals surface area contributed by atoms with Crippen molar-refractivity contribution in [2.24, 2.45) is 0 Å². The number of nitrogens with one attached hydrogen (secondary N) is 1. The fourth-order valence-electron chi connectivity index (χ4n) is 3.36. The maximum Gasteiger partial charge on any atom is 0.417 e. The van der Waals surface area contributed by atoms with E-state index in [0.717, 1.165) is 12.3 Å². The quantitative estimate of drug-likeness (QED) is 0.660. The zero-order valence-corrected chi connectivity index (χ0v) is 16.8. The summed E-state index contributed by atoms with van der Waals surface area (Å²) in [6.07, 6.45) is -2.20. The molecule has 0 bridgehead atoms. The number of furan rings is 1. The number of hydrogen-bond donors (Lipinski definition) is 1. The first-order valence-electron chi connectivity index (χ1n) is 9.84. The minimum Gasteiger partial charge on any atom is -0.459 e. The summed E-state index contributed by atoms with van der Waals surface area (Å²) in [5.74, 6) is 0.0864. The van der Waals surface area contributed by atoms with E-state index in [9.17, 15) is 22.8 Å². The Hall–Kier alpha value is -3.82. The van der Waals surface area contributed by atoms with E-state index >= 15 is 0 Å². The fourth-order valence-corrected chi connectivity index (χ4v) is 3.36. The molecule has 2 amide bonds.